The Kier molecular flexibility index (Phi) is 21.2. The molecule has 0 unspecified atom stereocenters. The van der Waals surface area contributed by atoms with Crippen LogP contribution >= 0.6 is 12.6 Å². The van der Waals surface area contributed by atoms with Crippen LogP contribution in [0, 0.1) is 0 Å². The van der Waals surface area contributed by atoms with Gasteiger partial charge < -0.3 is 4.74 Å². The van der Waals surface area contributed by atoms with E-state index in [1.165, 1.54) is 83.5 Å². The molecule has 0 rings (SSSR count). The quantitative estimate of drug-likeness (QED) is 0.112. The van der Waals surface area contributed by atoms with Gasteiger partial charge in [-0.2, -0.15) is 12.6 Å². The fourth-order valence-corrected chi connectivity index (χ4v) is 3.02. The van der Waals surface area contributed by atoms with Crippen LogP contribution in [0.2, 0.25) is 0 Å². The van der Waals surface area contributed by atoms with Crippen molar-refractivity contribution in [2.24, 2.45) is 0 Å². The molecule has 0 aliphatic heterocycles. The second-order valence-corrected chi connectivity index (χ2v) is 7.43. The summed E-state index contributed by atoms with van der Waals surface area (Å²) in [7, 11) is 0. The summed E-state index contributed by atoms with van der Waals surface area (Å²) in [4.78, 5) is 11.3. The number of rotatable bonds is 19. The second kappa shape index (κ2) is 21.6. The van der Waals surface area contributed by atoms with Crippen LogP contribution in [0.25, 0.3) is 0 Å². The van der Waals surface area contributed by atoms with E-state index in [0.29, 0.717) is 18.8 Å². The summed E-state index contributed by atoms with van der Waals surface area (Å²) in [5.74, 6) is 0.545. The summed E-state index contributed by atoms with van der Waals surface area (Å²) in [5.41, 5.74) is 0. The zero-order valence-corrected chi connectivity index (χ0v) is 17.5. The van der Waals surface area contributed by atoms with Gasteiger partial charge in [0.1, 0.15) is 6.61 Å². The Labute approximate surface area is 162 Å². The molecule has 0 fully saturated rings. The highest BCUT2D eigenvalue weighted by atomic mass is 32.1. The molecule has 2 nitrogen and oxygen atoms in total. The first-order valence-electron chi connectivity index (χ1n) is 10.7. The minimum atomic E-state index is -0.0666. The van der Waals surface area contributed by atoms with Crippen molar-refractivity contribution in [2.45, 2.75) is 110 Å². The summed E-state index contributed by atoms with van der Waals surface area (Å²) in [6.07, 6.45) is 24.8. The molecule has 25 heavy (non-hydrogen) atoms. The Morgan fingerprint density at radius 2 is 1.24 bits per heavy atom. The fourth-order valence-electron chi connectivity index (χ4n) is 2.93. The van der Waals surface area contributed by atoms with E-state index in [-0.39, 0.29) is 5.97 Å². The Balaban J connectivity index is 3.12. The fraction of sp³-hybridized carbons (Fsp3) is 0.864. The molecule has 0 aromatic heterocycles. The van der Waals surface area contributed by atoms with Gasteiger partial charge in [0.15, 0.2) is 0 Å². The summed E-state index contributed by atoms with van der Waals surface area (Å²) >= 11 is 4.02. The van der Waals surface area contributed by atoms with Crippen LogP contribution in [0.3, 0.4) is 0 Å². The Morgan fingerprint density at radius 3 is 1.76 bits per heavy atom. The van der Waals surface area contributed by atoms with Gasteiger partial charge in [-0.15, -0.1) is 0 Å². The summed E-state index contributed by atoms with van der Waals surface area (Å²) in [6.45, 7) is 2.71. The van der Waals surface area contributed by atoms with Crippen LogP contribution in [0.1, 0.15) is 110 Å². The Bertz CT molecular complexity index is 302. The monoisotopic (exact) mass is 370 g/mol. The van der Waals surface area contributed by atoms with Crippen molar-refractivity contribution in [1.82, 2.24) is 0 Å². The number of esters is 1. The van der Waals surface area contributed by atoms with Gasteiger partial charge in [-0.3, -0.25) is 4.79 Å². The number of hydrogen-bond acceptors (Lipinski definition) is 3. The van der Waals surface area contributed by atoms with E-state index in [2.05, 4.69) is 31.7 Å². The van der Waals surface area contributed by atoms with Crippen LogP contribution in [-0.2, 0) is 9.53 Å². The lowest BCUT2D eigenvalue weighted by atomic mass is 10.1. The summed E-state index contributed by atoms with van der Waals surface area (Å²) < 4.78 is 5.00. The molecule has 148 valence electrons. The lowest BCUT2D eigenvalue weighted by molar-refractivity contribution is -0.143. The van der Waals surface area contributed by atoms with Gasteiger partial charge in [0.2, 0.25) is 0 Å². The minimum absolute atomic E-state index is 0.0666. The maximum absolute atomic E-state index is 11.3. The number of hydrogen-bond donors (Lipinski definition) is 1. The molecule has 0 atom stereocenters. The summed E-state index contributed by atoms with van der Waals surface area (Å²) in [5, 5.41) is 0. The molecule has 0 heterocycles. The van der Waals surface area contributed by atoms with Crippen molar-refractivity contribution in [1.29, 1.82) is 0 Å². The van der Waals surface area contributed by atoms with Crippen LogP contribution in [0.5, 0.6) is 0 Å². The van der Waals surface area contributed by atoms with Crippen molar-refractivity contribution in [3.05, 3.63) is 12.2 Å². The van der Waals surface area contributed by atoms with Crippen molar-refractivity contribution in [2.75, 3.05) is 12.4 Å². The average molecular weight is 371 g/mol. The molecule has 0 N–H and O–H groups in total. The van der Waals surface area contributed by atoms with Gasteiger partial charge in [0.25, 0.3) is 0 Å². The molecule has 0 aromatic rings. The molecule has 0 saturated carbocycles. The molecule has 0 saturated heterocycles. The van der Waals surface area contributed by atoms with Gasteiger partial charge in [-0.05, 0) is 32.1 Å². The molecule has 3 heteroatoms. The predicted molar refractivity (Wildman–Crippen MR) is 113 cm³/mol. The highest BCUT2D eigenvalue weighted by Crippen LogP contribution is 2.11. The Morgan fingerprint density at radius 1 is 0.760 bits per heavy atom. The van der Waals surface area contributed by atoms with E-state index in [0.717, 1.165) is 12.8 Å². The molecular formula is C22H42O2S. The first-order chi connectivity index (χ1) is 12.3. The van der Waals surface area contributed by atoms with Crippen molar-refractivity contribution in [3.8, 4) is 0 Å². The highest BCUT2D eigenvalue weighted by molar-refractivity contribution is 7.80. The van der Waals surface area contributed by atoms with Gasteiger partial charge in [-0.25, -0.2) is 0 Å². The summed E-state index contributed by atoms with van der Waals surface area (Å²) in [6, 6.07) is 0. The van der Waals surface area contributed by atoms with Crippen LogP contribution in [0.4, 0.5) is 0 Å². The number of thiol groups is 1. The second-order valence-electron chi connectivity index (χ2n) is 6.99. The zero-order valence-electron chi connectivity index (χ0n) is 16.6. The number of ether oxygens (including phenoxy) is 1. The molecule has 0 aliphatic carbocycles. The molecule has 0 aromatic carbocycles. The van der Waals surface area contributed by atoms with Gasteiger partial charge in [-0.1, -0.05) is 83.3 Å². The van der Waals surface area contributed by atoms with Gasteiger partial charge in [0, 0.05) is 12.2 Å². The highest BCUT2D eigenvalue weighted by Gasteiger charge is 2.01. The molecule has 0 spiro atoms. The van der Waals surface area contributed by atoms with Crippen LogP contribution < -0.4 is 0 Å². The normalized spacial score (nSPS) is 11.3. The van der Waals surface area contributed by atoms with Crippen molar-refractivity contribution >= 4 is 18.6 Å². The van der Waals surface area contributed by atoms with E-state index in [1.54, 1.807) is 0 Å². The molecule has 0 radical (unpaired) electrons. The number of allylic oxidation sites excluding steroid dienone is 2. The van der Waals surface area contributed by atoms with E-state index >= 15 is 0 Å². The largest absolute Gasteiger partial charge is 0.465 e. The zero-order chi connectivity index (χ0) is 18.4. The van der Waals surface area contributed by atoms with Gasteiger partial charge in [0.05, 0.1) is 0 Å². The third-order valence-electron chi connectivity index (χ3n) is 4.50. The topological polar surface area (TPSA) is 26.3 Å². The van der Waals surface area contributed by atoms with Gasteiger partial charge >= 0.3 is 5.97 Å². The molecule has 0 aliphatic rings. The minimum Gasteiger partial charge on any atom is -0.465 e. The standard InChI is InChI=1S/C22H42O2S/c1-2-3-4-5-6-7-8-9-10-11-12-13-14-15-16-17-18-19-22(23)24-20-21-25/h8-9,25H,2-7,10-21H2,1H3/b9-8+. The smallest absolute Gasteiger partial charge is 0.305 e. The first-order valence-corrected chi connectivity index (χ1v) is 11.4. The van der Waals surface area contributed by atoms with E-state index in [1.807, 2.05) is 0 Å². The van der Waals surface area contributed by atoms with Crippen LogP contribution in [-0.4, -0.2) is 18.3 Å². The number of unbranched alkanes of at least 4 members (excludes halogenated alkanes) is 13. The van der Waals surface area contributed by atoms with Crippen molar-refractivity contribution < 1.29 is 9.53 Å². The van der Waals surface area contributed by atoms with E-state index in [4.69, 9.17) is 4.74 Å². The number of carbonyl (C=O) groups excluding carboxylic acids is 1. The molecule has 0 amide bonds. The third kappa shape index (κ3) is 21.5. The lowest BCUT2D eigenvalue weighted by Crippen LogP contribution is -2.06. The Hall–Kier alpha value is -0.440. The predicted octanol–water partition coefficient (Wildman–Crippen LogP) is 7.28. The molecular weight excluding hydrogens is 328 g/mol. The third-order valence-corrected chi connectivity index (χ3v) is 4.68. The maximum atomic E-state index is 11.3. The van der Waals surface area contributed by atoms with Crippen molar-refractivity contribution in [3.63, 3.8) is 0 Å². The average Bonchev–Trinajstić information content (AvgIpc) is 2.62. The SMILES string of the molecule is CCCCCCC/C=C/CCCCCCCCCCC(=O)OCCS. The van der Waals surface area contributed by atoms with E-state index in [9.17, 15) is 4.79 Å². The first kappa shape index (κ1) is 24.6. The number of carbonyl (C=O) groups is 1. The lowest BCUT2D eigenvalue weighted by Gasteiger charge is -2.03. The molecule has 0 bridgehead atoms. The van der Waals surface area contributed by atoms with E-state index < -0.39 is 0 Å². The maximum Gasteiger partial charge on any atom is 0.305 e. The van der Waals surface area contributed by atoms with Crippen LogP contribution in [0.15, 0.2) is 12.2 Å².